The van der Waals surface area contributed by atoms with Crippen LogP contribution < -0.4 is 14.5 Å². The van der Waals surface area contributed by atoms with E-state index >= 15 is 0 Å². The summed E-state index contributed by atoms with van der Waals surface area (Å²) in [6.07, 6.45) is 1.84. The number of halogens is 2. The van der Waals surface area contributed by atoms with Crippen molar-refractivity contribution >= 4 is 44.6 Å². The number of hydrogen-bond donors (Lipinski definition) is 0. The van der Waals surface area contributed by atoms with Gasteiger partial charge >= 0.3 is 0 Å². The molecular weight excluding hydrogens is 891 g/mol. The highest BCUT2D eigenvalue weighted by molar-refractivity contribution is 6.09. The molecule has 0 saturated heterocycles. The van der Waals surface area contributed by atoms with E-state index < -0.39 is 11.6 Å². The van der Waals surface area contributed by atoms with Crippen LogP contribution in [-0.2, 0) is 10.8 Å². The summed E-state index contributed by atoms with van der Waals surface area (Å²) >= 11 is 0. The number of hydrogen-bond acceptors (Lipinski definition) is 4. The third-order valence-corrected chi connectivity index (χ3v) is 14.3. The maximum atomic E-state index is 14.7. The van der Waals surface area contributed by atoms with Gasteiger partial charge in [0.15, 0.2) is 0 Å². The zero-order valence-corrected chi connectivity index (χ0v) is 43.8. The van der Waals surface area contributed by atoms with Gasteiger partial charge in [-0.05, 0) is 158 Å². The lowest BCUT2D eigenvalue weighted by Gasteiger charge is -2.33. The number of nitrogens with zero attached hydrogens (tertiary/aromatic N) is 4. The Labute approximate surface area is 424 Å². The summed E-state index contributed by atoms with van der Waals surface area (Å²) in [7, 11) is 0. The van der Waals surface area contributed by atoms with Crippen LogP contribution in [-0.4, -0.2) is 16.2 Å². The maximum absolute atomic E-state index is 14.7. The Balaban J connectivity index is 1.18. The van der Waals surface area contributed by atoms with Crippen LogP contribution in [0.3, 0.4) is 0 Å². The molecule has 0 atom stereocenters. The normalized spacial score (nSPS) is 13.1. The van der Waals surface area contributed by atoms with Gasteiger partial charge < -0.3 is 14.5 Å². The fourth-order valence-corrected chi connectivity index (χ4v) is 10.7. The molecule has 0 amide bonds. The molecule has 0 bridgehead atoms. The summed E-state index contributed by atoms with van der Waals surface area (Å²) in [5, 5.41) is 2.28. The second kappa shape index (κ2) is 18.4. The molecule has 1 aliphatic heterocycles. The van der Waals surface area contributed by atoms with E-state index in [4.69, 9.17) is 9.72 Å². The van der Waals surface area contributed by atoms with Gasteiger partial charge in [-0.2, -0.15) is 0 Å². The van der Waals surface area contributed by atoms with E-state index in [0.717, 1.165) is 90.2 Å². The number of benzene rings is 7. The molecule has 0 spiro atoms. The highest BCUT2D eigenvalue weighted by Crippen LogP contribution is 2.52. The van der Waals surface area contributed by atoms with Gasteiger partial charge in [-0.15, -0.1) is 0 Å². The Bertz CT molecular complexity index is 3430. The van der Waals surface area contributed by atoms with Crippen LogP contribution in [0.5, 0.6) is 11.5 Å². The first-order valence-corrected chi connectivity index (χ1v) is 25.5. The molecule has 366 valence electrons. The molecule has 10 rings (SSSR count). The van der Waals surface area contributed by atoms with Gasteiger partial charge in [-0.1, -0.05) is 132 Å². The van der Waals surface area contributed by atoms with Gasteiger partial charge in [0.1, 0.15) is 35.6 Å². The first-order chi connectivity index (χ1) is 34.2. The van der Waals surface area contributed by atoms with Crippen molar-refractivity contribution in [2.24, 2.45) is 0 Å². The molecule has 5 nitrogen and oxygen atoms in total. The molecule has 72 heavy (non-hydrogen) atoms. The fourth-order valence-electron chi connectivity index (χ4n) is 10.7. The second-order valence-corrected chi connectivity index (χ2v) is 22.6. The zero-order chi connectivity index (χ0) is 51.0. The van der Waals surface area contributed by atoms with Crippen LogP contribution >= 0.6 is 0 Å². The van der Waals surface area contributed by atoms with Crippen molar-refractivity contribution in [3.05, 3.63) is 191 Å². The third-order valence-electron chi connectivity index (χ3n) is 14.3. The van der Waals surface area contributed by atoms with Crippen molar-refractivity contribution in [2.75, 3.05) is 16.5 Å². The minimum absolute atomic E-state index is 0.106. The first-order valence-electron chi connectivity index (χ1n) is 25.5. The number of para-hydroxylation sites is 3. The number of fused-ring (bicyclic) bond motifs is 4. The van der Waals surface area contributed by atoms with Gasteiger partial charge in [0.2, 0.25) is 0 Å². The van der Waals surface area contributed by atoms with E-state index in [1.807, 2.05) is 24.4 Å². The number of pyridine rings is 1. The highest BCUT2D eigenvalue weighted by atomic mass is 19.1. The number of ether oxygens (including phenoxy) is 1. The van der Waals surface area contributed by atoms with E-state index in [2.05, 4.69) is 207 Å². The lowest BCUT2D eigenvalue weighted by atomic mass is 9.72. The van der Waals surface area contributed by atoms with E-state index in [1.54, 1.807) is 0 Å². The monoisotopic (exact) mass is 957 g/mol. The second-order valence-electron chi connectivity index (χ2n) is 22.6. The highest BCUT2D eigenvalue weighted by Gasteiger charge is 2.34. The number of rotatable bonds is 10. The zero-order valence-electron chi connectivity index (χ0n) is 43.8. The molecule has 0 N–H and O–H groups in total. The average molecular weight is 957 g/mol. The van der Waals surface area contributed by atoms with E-state index in [-0.39, 0.29) is 22.7 Å². The average Bonchev–Trinajstić information content (AvgIpc) is 3.88. The van der Waals surface area contributed by atoms with Gasteiger partial charge in [-0.25, -0.2) is 13.8 Å². The van der Waals surface area contributed by atoms with Gasteiger partial charge in [0, 0.05) is 46.5 Å². The summed E-state index contributed by atoms with van der Waals surface area (Å²) in [6, 6.07) is 49.2. The summed E-state index contributed by atoms with van der Waals surface area (Å²) in [4.78, 5) is 9.64. The standard InChI is InChI=1S/C65H66F2N4O/c1-39(2)42-33-55(64(7,8)9)62(56(34-42)65(10,11)12)45-29-48(36-50(30-45)72-49-24-25-52-51-19-13-14-20-57(51)71(60(52)37-49)61-23-17-18-26-68-61)69-38-70(59-22-16-15-21-58(59)69)63-53(40(3)4)31-44(32-54(63)41(5)6)43-27-46(66)35-47(67)28-43/h13-37,39-41H,38H2,1-12H3. The van der Waals surface area contributed by atoms with Crippen molar-refractivity contribution in [1.29, 1.82) is 0 Å². The molecular formula is C65H66F2N4O. The molecule has 2 aromatic heterocycles. The summed E-state index contributed by atoms with van der Waals surface area (Å²) < 4.78 is 38.9. The van der Waals surface area contributed by atoms with Crippen LogP contribution in [0.15, 0.2) is 152 Å². The van der Waals surface area contributed by atoms with Gasteiger partial charge in [0.05, 0.1) is 22.4 Å². The quantitative estimate of drug-likeness (QED) is 0.137. The van der Waals surface area contributed by atoms with Crippen LogP contribution in [0.4, 0.5) is 31.5 Å². The minimum atomic E-state index is -0.589. The lowest BCUT2D eigenvalue weighted by Crippen LogP contribution is -2.26. The number of anilines is 4. The van der Waals surface area contributed by atoms with Crippen LogP contribution in [0.25, 0.3) is 49.9 Å². The molecule has 0 unspecified atom stereocenters. The summed E-state index contributed by atoms with van der Waals surface area (Å²) in [5.74, 6) is 1.68. The summed E-state index contributed by atoms with van der Waals surface area (Å²) in [6.45, 7) is 27.8. The van der Waals surface area contributed by atoms with Crippen molar-refractivity contribution in [1.82, 2.24) is 9.55 Å². The first kappa shape index (κ1) is 48.4. The predicted octanol–water partition coefficient (Wildman–Crippen LogP) is 18.8. The molecule has 7 aromatic carbocycles. The Hall–Kier alpha value is -7.25. The number of aromatic nitrogens is 2. The van der Waals surface area contributed by atoms with Gasteiger partial charge in [0.25, 0.3) is 0 Å². The van der Waals surface area contributed by atoms with Crippen molar-refractivity contribution in [3.8, 4) is 39.6 Å². The minimum Gasteiger partial charge on any atom is -0.457 e. The van der Waals surface area contributed by atoms with Crippen molar-refractivity contribution < 1.29 is 13.5 Å². The van der Waals surface area contributed by atoms with E-state index in [9.17, 15) is 8.78 Å². The summed E-state index contributed by atoms with van der Waals surface area (Å²) in [5.41, 5.74) is 15.8. The smallest absolute Gasteiger partial charge is 0.137 e. The maximum Gasteiger partial charge on any atom is 0.137 e. The third kappa shape index (κ3) is 8.92. The van der Waals surface area contributed by atoms with Crippen LogP contribution in [0.1, 0.15) is 129 Å². The van der Waals surface area contributed by atoms with Crippen molar-refractivity contribution in [3.63, 3.8) is 0 Å². The molecule has 0 fully saturated rings. The molecule has 3 heterocycles. The lowest BCUT2D eigenvalue weighted by molar-refractivity contribution is 0.483. The molecule has 0 aliphatic carbocycles. The van der Waals surface area contributed by atoms with E-state index in [1.165, 1.54) is 34.4 Å². The molecule has 9 aromatic rings. The van der Waals surface area contributed by atoms with Crippen LogP contribution in [0.2, 0.25) is 0 Å². The van der Waals surface area contributed by atoms with E-state index in [0.29, 0.717) is 18.2 Å². The Kier molecular flexibility index (Phi) is 12.4. The predicted molar refractivity (Wildman–Crippen MR) is 298 cm³/mol. The fraction of sp³-hybridized carbons (Fsp3) is 0.277. The van der Waals surface area contributed by atoms with Crippen LogP contribution in [0, 0.1) is 11.6 Å². The largest absolute Gasteiger partial charge is 0.457 e. The van der Waals surface area contributed by atoms with Crippen molar-refractivity contribution in [2.45, 2.75) is 112 Å². The Morgan fingerprint density at radius 1 is 0.514 bits per heavy atom. The Morgan fingerprint density at radius 2 is 1.10 bits per heavy atom. The topological polar surface area (TPSA) is 33.5 Å². The molecule has 1 aliphatic rings. The molecule has 0 radical (unpaired) electrons. The van der Waals surface area contributed by atoms with Gasteiger partial charge in [-0.3, -0.25) is 4.57 Å². The molecule has 0 saturated carbocycles. The Morgan fingerprint density at radius 3 is 1.69 bits per heavy atom. The molecule has 7 heteroatoms. The SMILES string of the molecule is CC(C)c1cc(C(C)(C)C)c(-c2cc(Oc3ccc4c5ccccc5n(-c5ccccn5)c4c3)cc(N3CN(c4c(C(C)C)cc(-c5cc(F)cc(F)c5)cc4C(C)C)c4ccccc43)c2)c(C(C)(C)C)c1.